The van der Waals surface area contributed by atoms with Crippen LogP contribution in [0.3, 0.4) is 0 Å². The van der Waals surface area contributed by atoms with Crippen LogP contribution in [0.5, 0.6) is 0 Å². The lowest BCUT2D eigenvalue weighted by molar-refractivity contribution is 0.370. The van der Waals surface area contributed by atoms with E-state index in [2.05, 4.69) is 61.3 Å². The molecule has 3 heterocycles. The van der Waals surface area contributed by atoms with Gasteiger partial charge < -0.3 is 15.1 Å². The molecule has 1 fully saturated rings. The molecule has 0 spiro atoms. The quantitative estimate of drug-likeness (QED) is 0.524. The third kappa shape index (κ3) is 4.92. The zero-order valence-corrected chi connectivity index (χ0v) is 17.3. The second-order valence-corrected chi connectivity index (χ2v) is 7.11. The van der Waals surface area contributed by atoms with Gasteiger partial charge in [0.1, 0.15) is 0 Å². The lowest BCUT2D eigenvalue weighted by Crippen LogP contribution is -2.52. The normalized spacial score (nSPS) is 14.6. The molecule has 154 valence electrons. The molecule has 0 atom stereocenters. The van der Waals surface area contributed by atoms with Gasteiger partial charge in [0.2, 0.25) is 5.95 Å². The van der Waals surface area contributed by atoms with Crippen LogP contribution in [0.25, 0.3) is 11.3 Å². The van der Waals surface area contributed by atoms with Crippen molar-refractivity contribution in [2.45, 2.75) is 13.5 Å². The molecule has 0 saturated carbocycles. The first-order valence-corrected chi connectivity index (χ1v) is 10.4. The maximum Gasteiger partial charge on any atom is 0.225 e. The minimum Gasteiger partial charge on any atom is -0.357 e. The number of hydrogen-bond donors (Lipinski definition) is 1. The second kappa shape index (κ2) is 9.82. The summed E-state index contributed by atoms with van der Waals surface area (Å²) in [7, 11) is 0. The van der Waals surface area contributed by atoms with E-state index in [0.717, 1.165) is 55.9 Å². The van der Waals surface area contributed by atoms with E-state index in [1.54, 1.807) is 12.4 Å². The summed E-state index contributed by atoms with van der Waals surface area (Å²) in [4.78, 5) is 22.6. The predicted octanol–water partition coefficient (Wildman–Crippen LogP) is 2.83. The Bertz CT molecular complexity index is 952. The molecule has 3 aromatic rings. The Kier molecular flexibility index (Phi) is 6.49. The smallest absolute Gasteiger partial charge is 0.225 e. The van der Waals surface area contributed by atoms with Crippen molar-refractivity contribution in [2.75, 3.05) is 37.6 Å². The molecule has 0 aliphatic carbocycles. The van der Waals surface area contributed by atoms with E-state index in [0.29, 0.717) is 6.54 Å². The van der Waals surface area contributed by atoms with Gasteiger partial charge in [-0.05, 0) is 36.8 Å². The SMILES string of the molecule is CCNC(=NCc1cccc(-c2ccccn2)c1)N1CCN(c2ncccn2)CC1. The fourth-order valence-corrected chi connectivity index (χ4v) is 3.53. The topological polar surface area (TPSA) is 69.5 Å². The van der Waals surface area contributed by atoms with Gasteiger partial charge in [-0.15, -0.1) is 0 Å². The highest BCUT2D eigenvalue weighted by atomic mass is 15.4. The van der Waals surface area contributed by atoms with Crippen LogP contribution in [0.4, 0.5) is 5.95 Å². The van der Waals surface area contributed by atoms with Crippen molar-refractivity contribution >= 4 is 11.9 Å². The molecule has 7 heteroatoms. The van der Waals surface area contributed by atoms with Gasteiger partial charge in [0, 0.05) is 56.9 Å². The molecule has 1 saturated heterocycles. The molecule has 0 amide bonds. The Hall–Kier alpha value is -3.48. The van der Waals surface area contributed by atoms with Crippen LogP contribution in [0, 0.1) is 0 Å². The van der Waals surface area contributed by atoms with Crippen LogP contribution in [0.2, 0.25) is 0 Å². The van der Waals surface area contributed by atoms with Crippen LogP contribution >= 0.6 is 0 Å². The molecule has 7 nitrogen and oxygen atoms in total. The highest BCUT2D eigenvalue weighted by Crippen LogP contribution is 2.18. The minimum atomic E-state index is 0.630. The fourth-order valence-electron chi connectivity index (χ4n) is 3.53. The number of nitrogens with one attached hydrogen (secondary N) is 1. The van der Waals surface area contributed by atoms with Crippen molar-refractivity contribution in [3.8, 4) is 11.3 Å². The first-order chi connectivity index (χ1) is 14.8. The Balaban J connectivity index is 1.42. The van der Waals surface area contributed by atoms with E-state index < -0.39 is 0 Å². The van der Waals surface area contributed by atoms with Gasteiger partial charge in [-0.1, -0.05) is 24.3 Å². The van der Waals surface area contributed by atoms with E-state index in [9.17, 15) is 0 Å². The number of piperazine rings is 1. The van der Waals surface area contributed by atoms with Crippen molar-refractivity contribution in [2.24, 2.45) is 4.99 Å². The molecule has 1 N–H and O–H groups in total. The summed E-state index contributed by atoms with van der Waals surface area (Å²) in [5, 5.41) is 3.44. The van der Waals surface area contributed by atoms with Crippen LogP contribution in [0.1, 0.15) is 12.5 Å². The average Bonchev–Trinajstić information content (AvgIpc) is 2.83. The standard InChI is InChI=1S/C23H27N7/c1-2-24-22(29-13-15-30(16-14-29)23-26-11-6-12-27-23)28-18-19-7-5-8-20(17-19)21-9-3-4-10-25-21/h3-12,17H,2,13-16,18H2,1H3,(H,24,28). The highest BCUT2D eigenvalue weighted by Gasteiger charge is 2.21. The second-order valence-electron chi connectivity index (χ2n) is 7.11. The Morgan fingerprint density at radius 1 is 0.933 bits per heavy atom. The Labute approximate surface area is 177 Å². The summed E-state index contributed by atoms with van der Waals surface area (Å²) < 4.78 is 0. The zero-order valence-electron chi connectivity index (χ0n) is 17.3. The first kappa shape index (κ1) is 19.8. The number of aromatic nitrogens is 3. The molecule has 0 radical (unpaired) electrons. The average molecular weight is 402 g/mol. The van der Waals surface area contributed by atoms with Crippen LogP contribution in [0.15, 0.2) is 72.1 Å². The lowest BCUT2D eigenvalue weighted by Gasteiger charge is -2.36. The molecular weight excluding hydrogens is 374 g/mol. The number of anilines is 1. The third-order valence-corrected chi connectivity index (χ3v) is 5.05. The molecular formula is C23H27N7. The largest absolute Gasteiger partial charge is 0.357 e. The first-order valence-electron chi connectivity index (χ1n) is 10.4. The van der Waals surface area contributed by atoms with Crippen LogP contribution in [-0.4, -0.2) is 58.5 Å². The van der Waals surface area contributed by atoms with Gasteiger partial charge in [-0.2, -0.15) is 0 Å². The van der Waals surface area contributed by atoms with Crippen molar-refractivity contribution in [3.63, 3.8) is 0 Å². The van der Waals surface area contributed by atoms with Crippen molar-refractivity contribution in [1.29, 1.82) is 0 Å². The van der Waals surface area contributed by atoms with Crippen LogP contribution < -0.4 is 10.2 Å². The Morgan fingerprint density at radius 3 is 2.47 bits per heavy atom. The van der Waals surface area contributed by atoms with Gasteiger partial charge in [0.05, 0.1) is 12.2 Å². The van der Waals surface area contributed by atoms with Gasteiger partial charge in [0.25, 0.3) is 0 Å². The number of benzene rings is 1. The number of rotatable bonds is 5. The summed E-state index contributed by atoms with van der Waals surface area (Å²) in [6.45, 7) is 7.11. The monoisotopic (exact) mass is 401 g/mol. The van der Waals surface area contributed by atoms with E-state index in [1.165, 1.54) is 5.56 Å². The number of hydrogen-bond acceptors (Lipinski definition) is 5. The maximum absolute atomic E-state index is 4.90. The van der Waals surface area contributed by atoms with Gasteiger partial charge in [-0.25, -0.2) is 15.0 Å². The molecule has 4 rings (SSSR count). The summed E-state index contributed by atoms with van der Waals surface area (Å²) >= 11 is 0. The van der Waals surface area contributed by atoms with Crippen molar-refractivity contribution in [1.82, 2.24) is 25.2 Å². The van der Waals surface area contributed by atoms with Gasteiger partial charge in [0.15, 0.2) is 5.96 Å². The number of pyridine rings is 1. The molecule has 1 aliphatic heterocycles. The summed E-state index contributed by atoms with van der Waals surface area (Å²) in [5.41, 5.74) is 3.27. The summed E-state index contributed by atoms with van der Waals surface area (Å²) in [5.74, 6) is 1.75. The lowest BCUT2D eigenvalue weighted by atomic mass is 10.1. The van der Waals surface area contributed by atoms with E-state index in [4.69, 9.17) is 4.99 Å². The number of nitrogens with zero attached hydrogens (tertiary/aromatic N) is 6. The van der Waals surface area contributed by atoms with Crippen molar-refractivity contribution in [3.05, 3.63) is 72.7 Å². The zero-order chi connectivity index (χ0) is 20.6. The molecule has 2 aromatic heterocycles. The van der Waals surface area contributed by atoms with Crippen LogP contribution in [-0.2, 0) is 6.54 Å². The predicted molar refractivity (Wildman–Crippen MR) is 120 cm³/mol. The van der Waals surface area contributed by atoms with Gasteiger partial charge in [-0.3, -0.25) is 4.98 Å². The fraction of sp³-hybridized carbons (Fsp3) is 0.304. The maximum atomic E-state index is 4.90. The van der Waals surface area contributed by atoms with E-state index >= 15 is 0 Å². The third-order valence-electron chi connectivity index (χ3n) is 5.05. The van der Waals surface area contributed by atoms with E-state index in [1.807, 2.05) is 30.5 Å². The summed E-state index contributed by atoms with van der Waals surface area (Å²) in [6.07, 6.45) is 5.40. The molecule has 1 aliphatic rings. The Morgan fingerprint density at radius 2 is 1.73 bits per heavy atom. The molecule has 1 aromatic carbocycles. The molecule has 0 bridgehead atoms. The van der Waals surface area contributed by atoms with Crippen molar-refractivity contribution < 1.29 is 0 Å². The van der Waals surface area contributed by atoms with E-state index in [-0.39, 0.29) is 0 Å². The highest BCUT2D eigenvalue weighted by molar-refractivity contribution is 5.80. The molecule has 30 heavy (non-hydrogen) atoms. The number of aliphatic imine (C=N–C) groups is 1. The minimum absolute atomic E-state index is 0.630. The molecule has 0 unspecified atom stereocenters. The van der Waals surface area contributed by atoms with Gasteiger partial charge >= 0.3 is 0 Å². The summed E-state index contributed by atoms with van der Waals surface area (Å²) in [6, 6.07) is 16.3. The number of guanidine groups is 1.